The Morgan fingerprint density at radius 3 is 2.36 bits per heavy atom. The second-order valence-electron chi connectivity index (χ2n) is 7.34. The van der Waals surface area contributed by atoms with Gasteiger partial charge in [-0.25, -0.2) is 12.8 Å². The van der Waals surface area contributed by atoms with Crippen molar-refractivity contribution in [2.24, 2.45) is 0 Å². The molecule has 4 aromatic carbocycles. The minimum absolute atomic E-state index is 0.00676. The number of carbonyl (C=O) groups is 1. The van der Waals surface area contributed by atoms with Crippen LogP contribution in [-0.4, -0.2) is 20.9 Å². The second-order valence-corrected chi connectivity index (χ2v) is 9.61. The van der Waals surface area contributed by atoms with E-state index in [-0.39, 0.29) is 22.2 Å². The van der Waals surface area contributed by atoms with Crippen molar-refractivity contribution in [3.05, 3.63) is 107 Å². The summed E-state index contributed by atoms with van der Waals surface area (Å²) < 4.78 is 41.3. The van der Waals surface area contributed by atoms with Gasteiger partial charge < -0.3 is 5.32 Å². The maximum atomic E-state index is 13.7. The highest BCUT2D eigenvalue weighted by atomic mass is 35.5. The lowest BCUT2D eigenvalue weighted by atomic mass is 10.0. The number of sulfonamides is 1. The van der Waals surface area contributed by atoms with Crippen LogP contribution >= 0.6 is 11.6 Å². The molecule has 4 rings (SSSR count). The van der Waals surface area contributed by atoms with Crippen LogP contribution in [0.5, 0.6) is 0 Å². The molecule has 0 fully saturated rings. The molecule has 0 atom stereocenters. The smallest absolute Gasteiger partial charge is 0.264 e. The molecule has 0 radical (unpaired) electrons. The summed E-state index contributed by atoms with van der Waals surface area (Å²) in [7, 11) is -4.11. The minimum atomic E-state index is -4.11. The van der Waals surface area contributed by atoms with E-state index in [0.29, 0.717) is 0 Å². The maximum Gasteiger partial charge on any atom is 0.264 e. The van der Waals surface area contributed by atoms with E-state index in [9.17, 15) is 17.6 Å². The second kappa shape index (κ2) is 9.60. The molecule has 168 valence electrons. The lowest BCUT2D eigenvalue weighted by Crippen LogP contribution is -2.40. The van der Waals surface area contributed by atoms with Gasteiger partial charge in [0.25, 0.3) is 10.0 Å². The highest BCUT2D eigenvalue weighted by Crippen LogP contribution is 2.27. The number of carbonyl (C=O) groups excluding carboxylic acids is 1. The molecule has 0 heterocycles. The van der Waals surface area contributed by atoms with Gasteiger partial charge in [0.1, 0.15) is 12.4 Å². The number of rotatable bonds is 7. The Morgan fingerprint density at radius 1 is 0.909 bits per heavy atom. The van der Waals surface area contributed by atoms with Crippen molar-refractivity contribution in [3.8, 4) is 0 Å². The number of nitrogens with zero attached hydrogens (tertiary/aromatic N) is 1. The zero-order valence-electron chi connectivity index (χ0n) is 17.4. The minimum Gasteiger partial charge on any atom is -0.350 e. The summed E-state index contributed by atoms with van der Waals surface area (Å²) in [6.45, 7) is -0.270. The molecule has 8 heteroatoms. The molecule has 33 heavy (non-hydrogen) atoms. The van der Waals surface area contributed by atoms with E-state index >= 15 is 0 Å². The van der Waals surface area contributed by atoms with Gasteiger partial charge in [-0.2, -0.15) is 0 Å². The van der Waals surface area contributed by atoms with Crippen molar-refractivity contribution in [2.45, 2.75) is 11.4 Å². The Bertz CT molecular complexity index is 1410. The first-order valence-corrected chi connectivity index (χ1v) is 11.9. The number of hydrogen-bond donors (Lipinski definition) is 1. The first-order chi connectivity index (χ1) is 15.9. The monoisotopic (exact) mass is 482 g/mol. The maximum absolute atomic E-state index is 13.7. The Morgan fingerprint density at radius 2 is 1.61 bits per heavy atom. The molecule has 0 aliphatic carbocycles. The largest absolute Gasteiger partial charge is 0.350 e. The van der Waals surface area contributed by atoms with Gasteiger partial charge in [-0.15, -0.1) is 0 Å². The summed E-state index contributed by atoms with van der Waals surface area (Å²) in [4.78, 5) is 12.8. The fourth-order valence-corrected chi connectivity index (χ4v) is 5.11. The molecule has 5 nitrogen and oxygen atoms in total. The van der Waals surface area contributed by atoms with Crippen molar-refractivity contribution in [2.75, 3.05) is 10.8 Å². The molecule has 1 N–H and O–H groups in total. The summed E-state index contributed by atoms with van der Waals surface area (Å²) in [5.41, 5.74) is 0.995. The van der Waals surface area contributed by atoms with Crippen LogP contribution in [0.4, 0.5) is 10.1 Å². The zero-order valence-corrected chi connectivity index (χ0v) is 19.0. The highest BCUT2D eigenvalue weighted by Gasteiger charge is 2.27. The fourth-order valence-electron chi connectivity index (χ4n) is 3.50. The molecule has 0 spiro atoms. The van der Waals surface area contributed by atoms with Gasteiger partial charge in [0.15, 0.2) is 0 Å². The topological polar surface area (TPSA) is 66.5 Å². The number of benzene rings is 4. The SMILES string of the molecule is O=C(CN(c1ccc(F)c(Cl)c1)S(=O)(=O)c1ccccc1)NCc1cccc2ccccc12. The summed E-state index contributed by atoms with van der Waals surface area (Å²) in [5, 5.41) is 4.59. The predicted molar refractivity (Wildman–Crippen MR) is 128 cm³/mol. The molecular weight excluding hydrogens is 463 g/mol. The van der Waals surface area contributed by atoms with E-state index in [4.69, 9.17) is 11.6 Å². The molecule has 0 saturated carbocycles. The summed E-state index contributed by atoms with van der Waals surface area (Å²) in [5.74, 6) is -1.19. The van der Waals surface area contributed by atoms with Gasteiger partial charge in [0, 0.05) is 6.54 Å². The van der Waals surface area contributed by atoms with E-state index in [1.165, 1.54) is 24.3 Å². The number of fused-ring (bicyclic) bond motifs is 1. The van der Waals surface area contributed by atoms with Crippen LogP contribution in [0.1, 0.15) is 5.56 Å². The average molecular weight is 483 g/mol. The molecular formula is C25H20ClFN2O3S. The number of anilines is 1. The van der Waals surface area contributed by atoms with Crippen LogP contribution in [0.2, 0.25) is 5.02 Å². The number of amides is 1. The average Bonchev–Trinajstić information content (AvgIpc) is 2.83. The lowest BCUT2D eigenvalue weighted by Gasteiger charge is -2.24. The van der Waals surface area contributed by atoms with E-state index in [1.54, 1.807) is 18.2 Å². The zero-order chi connectivity index (χ0) is 23.4. The third-order valence-electron chi connectivity index (χ3n) is 5.17. The van der Waals surface area contributed by atoms with E-state index in [2.05, 4.69) is 5.32 Å². The number of nitrogens with one attached hydrogen (secondary N) is 1. The molecule has 4 aromatic rings. The Kier molecular flexibility index (Phi) is 6.62. The third kappa shape index (κ3) is 4.99. The summed E-state index contributed by atoms with van der Waals surface area (Å²) >= 11 is 5.89. The number of halogens is 2. The standard InChI is InChI=1S/C25H20ClFN2O3S/c26-23-15-20(13-14-24(23)27)29(33(31,32)21-10-2-1-3-11-21)17-25(30)28-16-19-9-6-8-18-7-4-5-12-22(18)19/h1-15H,16-17H2,(H,28,30). The first-order valence-electron chi connectivity index (χ1n) is 10.1. The molecule has 0 aliphatic heterocycles. The molecule has 0 unspecified atom stereocenters. The van der Waals surface area contributed by atoms with Crippen LogP contribution in [-0.2, 0) is 21.4 Å². The third-order valence-corrected chi connectivity index (χ3v) is 7.24. The van der Waals surface area contributed by atoms with Crippen molar-refractivity contribution in [1.82, 2.24) is 5.32 Å². The van der Waals surface area contributed by atoms with Crippen LogP contribution < -0.4 is 9.62 Å². The van der Waals surface area contributed by atoms with E-state index in [1.807, 2.05) is 42.5 Å². The van der Waals surface area contributed by atoms with Gasteiger partial charge in [0.2, 0.25) is 5.91 Å². The lowest BCUT2D eigenvalue weighted by molar-refractivity contribution is -0.119. The molecule has 0 aliphatic rings. The van der Waals surface area contributed by atoms with Crippen LogP contribution in [0.3, 0.4) is 0 Å². The van der Waals surface area contributed by atoms with E-state index < -0.39 is 28.3 Å². The van der Waals surface area contributed by atoms with Gasteiger partial charge >= 0.3 is 0 Å². The fraction of sp³-hybridized carbons (Fsp3) is 0.0800. The van der Waals surface area contributed by atoms with Crippen LogP contribution in [0, 0.1) is 5.82 Å². The van der Waals surface area contributed by atoms with Gasteiger partial charge in [-0.3, -0.25) is 9.10 Å². The summed E-state index contributed by atoms with van der Waals surface area (Å²) in [6.07, 6.45) is 0. The quantitative estimate of drug-likeness (QED) is 0.396. The molecule has 1 amide bonds. The Hall–Kier alpha value is -3.42. The van der Waals surface area contributed by atoms with Crippen molar-refractivity contribution in [1.29, 1.82) is 0 Å². The Balaban J connectivity index is 1.61. The molecule has 0 saturated heterocycles. The highest BCUT2D eigenvalue weighted by molar-refractivity contribution is 7.92. The van der Waals surface area contributed by atoms with Gasteiger partial charge in [-0.05, 0) is 46.7 Å². The van der Waals surface area contributed by atoms with Crippen LogP contribution in [0.15, 0.2) is 95.9 Å². The first kappa shape index (κ1) is 22.8. The molecule has 0 aromatic heterocycles. The number of hydrogen-bond acceptors (Lipinski definition) is 3. The normalized spacial score (nSPS) is 11.3. The Labute approximate surface area is 196 Å². The van der Waals surface area contributed by atoms with Crippen molar-refractivity contribution in [3.63, 3.8) is 0 Å². The van der Waals surface area contributed by atoms with Crippen molar-refractivity contribution >= 4 is 44.0 Å². The van der Waals surface area contributed by atoms with Crippen LogP contribution in [0.25, 0.3) is 10.8 Å². The summed E-state index contributed by atoms with van der Waals surface area (Å²) in [6, 6.07) is 24.8. The molecule has 0 bridgehead atoms. The van der Waals surface area contributed by atoms with E-state index in [0.717, 1.165) is 26.7 Å². The van der Waals surface area contributed by atoms with Crippen molar-refractivity contribution < 1.29 is 17.6 Å². The van der Waals surface area contributed by atoms with Gasteiger partial charge in [0.05, 0.1) is 15.6 Å². The van der Waals surface area contributed by atoms with Gasteiger partial charge in [-0.1, -0.05) is 72.3 Å². The predicted octanol–water partition coefficient (Wildman–Crippen LogP) is 5.14.